The fourth-order valence-electron chi connectivity index (χ4n) is 4.72. The van der Waals surface area contributed by atoms with Crippen LogP contribution in [-0.4, -0.2) is 39.9 Å². The summed E-state index contributed by atoms with van der Waals surface area (Å²) in [7, 11) is 0. The number of fused-ring (bicyclic) bond motifs is 2. The Balaban J connectivity index is 1.59. The van der Waals surface area contributed by atoms with Crippen molar-refractivity contribution in [1.82, 2.24) is 10.3 Å². The number of nitrogens with one attached hydrogen (secondary N) is 1. The molecule has 6 nitrogen and oxygen atoms in total. The number of halogens is 1. The maximum absolute atomic E-state index is 10.9. The number of amides is 1. The lowest BCUT2D eigenvalue weighted by atomic mass is 9.82. The minimum absolute atomic E-state index is 0.000282. The first kappa shape index (κ1) is 19.6. The number of benzene rings is 1. The number of hydrogen-bond acceptors (Lipinski definition) is 5. The number of thiophene rings is 1. The molecule has 0 spiro atoms. The van der Waals surface area contributed by atoms with Gasteiger partial charge in [-0.25, -0.2) is 4.79 Å². The van der Waals surface area contributed by atoms with Crippen LogP contribution in [0, 0.1) is 0 Å². The van der Waals surface area contributed by atoms with Crippen molar-refractivity contribution < 1.29 is 15.0 Å². The Hall–Kier alpha value is -2.35. The molecule has 3 heterocycles. The summed E-state index contributed by atoms with van der Waals surface area (Å²) in [5.74, 6) is 0. The predicted molar refractivity (Wildman–Crippen MR) is 120 cm³/mol. The Kier molecular flexibility index (Phi) is 5.05. The van der Waals surface area contributed by atoms with Crippen LogP contribution >= 0.6 is 22.9 Å². The summed E-state index contributed by atoms with van der Waals surface area (Å²) >= 11 is 8.09. The average molecular weight is 444 g/mol. The van der Waals surface area contributed by atoms with E-state index in [-0.39, 0.29) is 12.6 Å². The fraction of sp³-hybridized carbons (Fsp3) is 0.364. The average Bonchev–Trinajstić information content (AvgIpc) is 3.12. The number of aliphatic hydroxyl groups excluding tert-OH is 1. The van der Waals surface area contributed by atoms with E-state index in [9.17, 15) is 9.90 Å². The number of pyridine rings is 1. The third-order valence-corrected chi connectivity index (χ3v) is 7.44. The molecule has 8 heteroatoms. The van der Waals surface area contributed by atoms with Gasteiger partial charge in [-0.1, -0.05) is 11.6 Å². The molecule has 1 aliphatic carbocycles. The van der Waals surface area contributed by atoms with Crippen LogP contribution in [0.4, 0.5) is 10.5 Å². The van der Waals surface area contributed by atoms with Gasteiger partial charge in [0.05, 0.1) is 16.8 Å². The summed E-state index contributed by atoms with van der Waals surface area (Å²) in [5.41, 5.74) is 5.49. The van der Waals surface area contributed by atoms with E-state index in [0.29, 0.717) is 11.1 Å². The summed E-state index contributed by atoms with van der Waals surface area (Å²) in [4.78, 5) is 18.8. The Morgan fingerprint density at radius 3 is 2.90 bits per heavy atom. The van der Waals surface area contributed by atoms with Gasteiger partial charge in [0.2, 0.25) is 0 Å². The second-order valence-electron chi connectivity index (χ2n) is 7.97. The van der Waals surface area contributed by atoms with E-state index in [1.54, 1.807) is 11.3 Å². The molecule has 1 saturated carbocycles. The highest BCUT2D eigenvalue weighted by Gasteiger charge is 2.37. The number of carbonyl (C=O) groups is 1. The zero-order chi connectivity index (χ0) is 20.8. The van der Waals surface area contributed by atoms with Gasteiger partial charge in [-0.15, -0.1) is 11.3 Å². The molecular formula is C22H22ClN3O3S. The lowest BCUT2D eigenvalue weighted by molar-refractivity contribution is 0.176. The zero-order valence-electron chi connectivity index (χ0n) is 16.3. The van der Waals surface area contributed by atoms with E-state index in [4.69, 9.17) is 16.7 Å². The molecule has 3 N–H and O–H groups in total. The molecule has 1 aromatic carbocycles. The molecule has 0 bridgehead atoms. The van der Waals surface area contributed by atoms with Crippen LogP contribution in [0.15, 0.2) is 30.5 Å². The molecule has 0 radical (unpaired) electrons. The predicted octanol–water partition coefficient (Wildman–Crippen LogP) is 4.66. The van der Waals surface area contributed by atoms with Crippen LogP contribution in [0.2, 0.25) is 5.02 Å². The molecule has 30 heavy (non-hydrogen) atoms. The summed E-state index contributed by atoms with van der Waals surface area (Å²) in [5, 5.41) is 21.9. The van der Waals surface area contributed by atoms with Gasteiger partial charge in [-0.2, -0.15) is 0 Å². The van der Waals surface area contributed by atoms with E-state index in [2.05, 4.69) is 21.3 Å². The van der Waals surface area contributed by atoms with Gasteiger partial charge in [-0.3, -0.25) is 4.98 Å². The third-order valence-electron chi connectivity index (χ3n) is 6.08. The number of aromatic nitrogens is 1. The Bertz CT molecular complexity index is 1130. The molecule has 1 aliphatic heterocycles. The highest BCUT2D eigenvalue weighted by Crippen LogP contribution is 2.46. The van der Waals surface area contributed by atoms with Gasteiger partial charge in [0.1, 0.15) is 0 Å². The SMILES string of the molecule is O=C(O)NC1CC(N2CCCc3cc(Cl)cc(-c4ccnc5cc(CO)sc45)c32)C1. The number of hydrogen-bond donors (Lipinski definition) is 3. The van der Waals surface area contributed by atoms with Crippen molar-refractivity contribution in [3.8, 4) is 11.1 Å². The maximum Gasteiger partial charge on any atom is 0.404 e. The highest BCUT2D eigenvalue weighted by atomic mass is 35.5. The maximum atomic E-state index is 10.9. The van der Waals surface area contributed by atoms with Crippen molar-refractivity contribution in [2.24, 2.45) is 0 Å². The fourth-order valence-corrected chi connectivity index (χ4v) is 5.96. The first-order valence-corrected chi connectivity index (χ1v) is 11.3. The number of aryl methyl sites for hydroxylation is 1. The molecule has 2 aliphatic rings. The Labute approximate surface area is 183 Å². The molecule has 156 valence electrons. The van der Waals surface area contributed by atoms with Crippen molar-refractivity contribution in [2.75, 3.05) is 11.4 Å². The molecule has 0 atom stereocenters. The molecule has 1 amide bonds. The van der Waals surface area contributed by atoms with Gasteiger partial charge in [0, 0.05) is 51.5 Å². The van der Waals surface area contributed by atoms with Crippen molar-refractivity contribution in [1.29, 1.82) is 0 Å². The number of carboxylic acid groups (broad SMARTS) is 1. The molecule has 2 aromatic heterocycles. The van der Waals surface area contributed by atoms with Gasteiger partial charge in [0.25, 0.3) is 0 Å². The lowest BCUT2D eigenvalue weighted by Crippen LogP contribution is -2.55. The van der Waals surface area contributed by atoms with Crippen LogP contribution < -0.4 is 10.2 Å². The zero-order valence-corrected chi connectivity index (χ0v) is 17.8. The summed E-state index contributed by atoms with van der Waals surface area (Å²) in [6, 6.07) is 8.38. The number of aliphatic hydroxyl groups is 1. The van der Waals surface area contributed by atoms with E-state index < -0.39 is 6.09 Å². The van der Waals surface area contributed by atoms with Crippen LogP contribution in [0.1, 0.15) is 29.7 Å². The van der Waals surface area contributed by atoms with Crippen molar-refractivity contribution in [3.05, 3.63) is 45.9 Å². The molecule has 0 saturated heterocycles. The third kappa shape index (κ3) is 3.41. The quantitative estimate of drug-likeness (QED) is 0.546. The van der Waals surface area contributed by atoms with Crippen molar-refractivity contribution in [3.63, 3.8) is 0 Å². The monoisotopic (exact) mass is 443 g/mol. The Morgan fingerprint density at radius 1 is 1.30 bits per heavy atom. The standard InChI is InChI=1S/C22H22ClN3O3S/c23-13-6-12-2-1-5-26(15-8-14(9-15)25-22(28)29)20(12)18(7-13)17-3-4-24-19-10-16(11-27)30-21(17)19/h3-4,6-7,10,14-15,25,27H,1-2,5,8-9,11H2,(H,28,29). The second-order valence-corrected chi connectivity index (χ2v) is 9.55. The van der Waals surface area contributed by atoms with E-state index in [0.717, 1.165) is 58.4 Å². The van der Waals surface area contributed by atoms with Crippen LogP contribution in [-0.2, 0) is 13.0 Å². The lowest BCUT2D eigenvalue weighted by Gasteiger charge is -2.47. The number of anilines is 1. The molecule has 3 aromatic rings. The summed E-state index contributed by atoms with van der Waals surface area (Å²) in [6.45, 7) is 0.951. The highest BCUT2D eigenvalue weighted by molar-refractivity contribution is 7.19. The van der Waals surface area contributed by atoms with Gasteiger partial charge in [-0.05, 0) is 55.5 Å². The van der Waals surface area contributed by atoms with Gasteiger partial charge < -0.3 is 20.4 Å². The van der Waals surface area contributed by atoms with Gasteiger partial charge >= 0.3 is 6.09 Å². The van der Waals surface area contributed by atoms with Crippen molar-refractivity contribution >= 4 is 44.9 Å². The molecular weight excluding hydrogens is 422 g/mol. The topological polar surface area (TPSA) is 85.7 Å². The minimum atomic E-state index is -0.957. The van der Waals surface area contributed by atoms with E-state index in [1.807, 2.05) is 24.4 Å². The molecule has 0 unspecified atom stereocenters. The van der Waals surface area contributed by atoms with Crippen LogP contribution in [0.25, 0.3) is 21.3 Å². The molecule has 1 fully saturated rings. The Morgan fingerprint density at radius 2 is 2.13 bits per heavy atom. The minimum Gasteiger partial charge on any atom is -0.465 e. The van der Waals surface area contributed by atoms with E-state index >= 15 is 0 Å². The first-order chi connectivity index (χ1) is 14.5. The van der Waals surface area contributed by atoms with Crippen LogP contribution in [0.5, 0.6) is 0 Å². The first-order valence-electron chi connectivity index (χ1n) is 10.1. The largest absolute Gasteiger partial charge is 0.465 e. The second kappa shape index (κ2) is 7.72. The smallest absolute Gasteiger partial charge is 0.404 e. The van der Waals surface area contributed by atoms with E-state index in [1.165, 1.54) is 11.3 Å². The summed E-state index contributed by atoms with van der Waals surface area (Å²) in [6.07, 6.45) is 4.51. The number of nitrogens with zero attached hydrogens (tertiary/aromatic N) is 2. The molecule has 5 rings (SSSR count). The van der Waals surface area contributed by atoms with Crippen molar-refractivity contribution in [2.45, 2.75) is 44.4 Å². The summed E-state index contributed by atoms with van der Waals surface area (Å²) < 4.78 is 1.05. The number of rotatable bonds is 4. The normalized spacial score (nSPS) is 20.7. The van der Waals surface area contributed by atoms with Crippen LogP contribution in [0.3, 0.4) is 0 Å². The van der Waals surface area contributed by atoms with Gasteiger partial charge in [0.15, 0.2) is 0 Å².